The van der Waals surface area contributed by atoms with E-state index in [0.717, 1.165) is 5.75 Å². The van der Waals surface area contributed by atoms with Crippen molar-refractivity contribution in [2.75, 3.05) is 19.0 Å². The average molecular weight is 259 g/mol. The van der Waals surface area contributed by atoms with Crippen molar-refractivity contribution >= 4 is 10.0 Å². The molecule has 0 fully saturated rings. The van der Waals surface area contributed by atoms with Crippen LogP contribution in [0.1, 0.15) is 13.3 Å². The highest BCUT2D eigenvalue weighted by molar-refractivity contribution is 7.89. The molecule has 0 spiro atoms. The van der Waals surface area contributed by atoms with E-state index in [2.05, 4.69) is 0 Å². The van der Waals surface area contributed by atoms with E-state index in [1.807, 2.05) is 6.92 Å². The van der Waals surface area contributed by atoms with Gasteiger partial charge in [0.2, 0.25) is 10.0 Å². The monoisotopic (exact) mass is 259 g/mol. The molecule has 0 aromatic heterocycles. The summed E-state index contributed by atoms with van der Waals surface area (Å²) in [6.45, 7) is 2.86. The Bertz CT molecular complexity index is 427. The first-order chi connectivity index (χ1) is 8.01. The summed E-state index contributed by atoms with van der Waals surface area (Å²) in [7, 11) is -3.39. The highest BCUT2D eigenvalue weighted by Crippen LogP contribution is 2.17. The van der Waals surface area contributed by atoms with Crippen molar-refractivity contribution in [3.8, 4) is 11.5 Å². The molecule has 1 aromatic carbocycles. The molecule has 17 heavy (non-hydrogen) atoms. The molecule has 5 nitrogen and oxygen atoms in total. The van der Waals surface area contributed by atoms with E-state index in [9.17, 15) is 8.42 Å². The number of hydrogen-bond donors (Lipinski definition) is 1. The number of sulfonamides is 1. The molecule has 0 aliphatic carbocycles. The van der Waals surface area contributed by atoms with Gasteiger partial charge in [-0.2, -0.15) is 0 Å². The van der Waals surface area contributed by atoms with Crippen LogP contribution >= 0.6 is 0 Å². The molecule has 6 heteroatoms. The molecule has 96 valence electrons. The van der Waals surface area contributed by atoms with E-state index in [4.69, 9.17) is 14.6 Å². The molecule has 0 bridgehead atoms. The molecular formula is C11H17NO4S. The Morgan fingerprint density at radius 3 is 2.12 bits per heavy atom. The van der Waals surface area contributed by atoms with Gasteiger partial charge >= 0.3 is 0 Å². The van der Waals surface area contributed by atoms with Gasteiger partial charge in [-0.3, -0.25) is 0 Å². The van der Waals surface area contributed by atoms with Gasteiger partial charge in [-0.25, -0.2) is 13.6 Å². The third-order valence-electron chi connectivity index (χ3n) is 1.98. The second-order valence-electron chi connectivity index (χ2n) is 3.47. The third kappa shape index (κ3) is 6.13. The van der Waals surface area contributed by atoms with Crippen LogP contribution in [0, 0.1) is 0 Å². The molecule has 1 rings (SSSR count). The first-order valence-electron chi connectivity index (χ1n) is 5.37. The maximum Gasteiger partial charge on any atom is 0.209 e. The Balaban J connectivity index is 2.32. The zero-order chi connectivity index (χ0) is 12.7. The normalized spacial score (nSPS) is 11.2. The lowest BCUT2D eigenvalue weighted by Gasteiger charge is -2.07. The van der Waals surface area contributed by atoms with Gasteiger partial charge in [0, 0.05) is 0 Å². The van der Waals surface area contributed by atoms with Crippen molar-refractivity contribution in [3.63, 3.8) is 0 Å². The van der Waals surface area contributed by atoms with Crippen molar-refractivity contribution in [2.45, 2.75) is 13.3 Å². The molecule has 1 aromatic rings. The Hall–Kier alpha value is -1.27. The van der Waals surface area contributed by atoms with Crippen LogP contribution in [0.3, 0.4) is 0 Å². The quantitative estimate of drug-likeness (QED) is 0.745. The lowest BCUT2D eigenvalue weighted by atomic mass is 10.3. The van der Waals surface area contributed by atoms with Gasteiger partial charge in [0.1, 0.15) is 11.5 Å². The molecule has 0 unspecified atom stereocenters. The summed E-state index contributed by atoms with van der Waals surface area (Å²) < 4.78 is 32.0. The summed E-state index contributed by atoms with van der Waals surface area (Å²) in [4.78, 5) is 0. The smallest absolute Gasteiger partial charge is 0.209 e. The molecule has 0 amide bonds. The Morgan fingerprint density at radius 1 is 1.12 bits per heavy atom. The van der Waals surface area contributed by atoms with Gasteiger partial charge in [0.25, 0.3) is 0 Å². The van der Waals surface area contributed by atoms with E-state index < -0.39 is 10.0 Å². The first kappa shape index (κ1) is 13.8. The minimum Gasteiger partial charge on any atom is -0.494 e. The molecule has 2 N–H and O–H groups in total. The van der Waals surface area contributed by atoms with Crippen LogP contribution in [0.15, 0.2) is 24.3 Å². The van der Waals surface area contributed by atoms with E-state index in [0.29, 0.717) is 25.4 Å². The Morgan fingerprint density at radius 2 is 1.65 bits per heavy atom. The topological polar surface area (TPSA) is 78.6 Å². The minimum absolute atomic E-state index is 0.0654. The van der Waals surface area contributed by atoms with E-state index in [1.165, 1.54) is 0 Å². The van der Waals surface area contributed by atoms with E-state index in [1.54, 1.807) is 24.3 Å². The molecule has 0 saturated carbocycles. The number of primary sulfonamides is 1. The zero-order valence-corrected chi connectivity index (χ0v) is 10.6. The van der Waals surface area contributed by atoms with Crippen LogP contribution in [0.5, 0.6) is 11.5 Å². The number of nitrogens with two attached hydrogens (primary N) is 1. The summed E-state index contributed by atoms with van der Waals surface area (Å²) in [5.41, 5.74) is 0. The Kier molecular flexibility index (Phi) is 5.24. The maximum absolute atomic E-state index is 10.7. The van der Waals surface area contributed by atoms with E-state index >= 15 is 0 Å². The van der Waals surface area contributed by atoms with Gasteiger partial charge in [-0.1, -0.05) is 0 Å². The molecule has 0 atom stereocenters. The fraction of sp³-hybridized carbons (Fsp3) is 0.455. The summed E-state index contributed by atoms with van der Waals surface area (Å²) in [6.07, 6.45) is 0.381. The average Bonchev–Trinajstić information content (AvgIpc) is 2.26. The van der Waals surface area contributed by atoms with Crippen molar-refractivity contribution in [3.05, 3.63) is 24.3 Å². The molecular weight excluding hydrogens is 242 g/mol. The second kappa shape index (κ2) is 6.46. The summed E-state index contributed by atoms with van der Waals surface area (Å²) in [6, 6.07) is 7.17. The second-order valence-corrected chi connectivity index (χ2v) is 5.21. The highest BCUT2D eigenvalue weighted by atomic mass is 32.2. The SMILES string of the molecule is CCOc1ccc(OCCCS(N)(=O)=O)cc1. The van der Waals surface area contributed by atoms with Crippen LogP contribution < -0.4 is 14.6 Å². The van der Waals surface area contributed by atoms with Crippen molar-refractivity contribution < 1.29 is 17.9 Å². The van der Waals surface area contributed by atoms with E-state index in [-0.39, 0.29) is 5.75 Å². The maximum atomic E-state index is 10.7. The fourth-order valence-electron chi connectivity index (χ4n) is 1.25. The zero-order valence-electron chi connectivity index (χ0n) is 9.76. The van der Waals surface area contributed by atoms with Crippen LogP contribution in [0.25, 0.3) is 0 Å². The molecule has 0 radical (unpaired) electrons. The molecule has 0 aliphatic rings. The van der Waals surface area contributed by atoms with Gasteiger partial charge in [0.15, 0.2) is 0 Å². The predicted molar refractivity (Wildman–Crippen MR) is 65.7 cm³/mol. The predicted octanol–water partition coefficient (Wildman–Crippen LogP) is 1.14. The summed E-state index contributed by atoms with van der Waals surface area (Å²) in [5.74, 6) is 1.40. The number of hydrogen-bond acceptors (Lipinski definition) is 4. The fourth-order valence-corrected chi connectivity index (χ4v) is 1.77. The van der Waals surface area contributed by atoms with Crippen LogP contribution in [0.2, 0.25) is 0 Å². The number of rotatable bonds is 7. The van der Waals surface area contributed by atoms with Crippen LogP contribution in [-0.4, -0.2) is 27.4 Å². The largest absolute Gasteiger partial charge is 0.494 e. The molecule has 0 saturated heterocycles. The minimum atomic E-state index is -3.39. The molecule has 0 aliphatic heterocycles. The summed E-state index contributed by atoms with van der Waals surface area (Å²) >= 11 is 0. The standard InChI is InChI=1S/C11H17NO4S/c1-2-15-10-4-6-11(7-5-10)16-8-3-9-17(12,13)14/h4-7H,2-3,8-9H2,1H3,(H2,12,13,14). The van der Waals surface area contributed by atoms with Crippen LogP contribution in [0.4, 0.5) is 0 Å². The first-order valence-corrected chi connectivity index (χ1v) is 7.09. The lowest BCUT2D eigenvalue weighted by Crippen LogP contribution is -2.18. The van der Waals surface area contributed by atoms with Gasteiger partial charge in [-0.05, 0) is 37.6 Å². The summed E-state index contributed by atoms with van der Waals surface area (Å²) in [5, 5.41) is 4.87. The third-order valence-corrected chi connectivity index (χ3v) is 2.83. The van der Waals surface area contributed by atoms with Gasteiger partial charge < -0.3 is 9.47 Å². The van der Waals surface area contributed by atoms with Crippen LogP contribution in [-0.2, 0) is 10.0 Å². The van der Waals surface area contributed by atoms with Gasteiger partial charge in [-0.15, -0.1) is 0 Å². The van der Waals surface area contributed by atoms with Crippen molar-refractivity contribution in [2.24, 2.45) is 5.14 Å². The highest BCUT2D eigenvalue weighted by Gasteiger charge is 2.02. The van der Waals surface area contributed by atoms with Crippen molar-refractivity contribution in [1.29, 1.82) is 0 Å². The van der Waals surface area contributed by atoms with Gasteiger partial charge in [0.05, 0.1) is 19.0 Å². The lowest BCUT2D eigenvalue weighted by molar-refractivity contribution is 0.314. The molecule has 0 heterocycles. The number of ether oxygens (including phenoxy) is 2. The Labute approximate surface area is 102 Å². The number of benzene rings is 1. The van der Waals surface area contributed by atoms with Crippen molar-refractivity contribution in [1.82, 2.24) is 0 Å².